The van der Waals surface area contributed by atoms with E-state index < -0.39 is 216 Å². The van der Waals surface area contributed by atoms with Crippen LogP contribution in [0.2, 0.25) is 0 Å². The number of fused-ring (bicyclic) bond motifs is 3. The van der Waals surface area contributed by atoms with Gasteiger partial charge in [0.05, 0.1) is 19.3 Å². The fourth-order valence-electron chi connectivity index (χ4n) is 15.4. The van der Waals surface area contributed by atoms with Gasteiger partial charge in [0.15, 0.2) is 23.8 Å². The van der Waals surface area contributed by atoms with E-state index in [-0.39, 0.29) is 147 Å². The molecule has 50 heteroatoms. The van der Waals surface area contributed by atoms with Gasteiger partial charge in [-0.2, -0.15) is 0 Å². The summed E-state index contributed by atoms with van der Waals surface area (Å²) in [6.45, 7) is 10.2. The van der Waals surface area contributed by atoms with Crippen LogP contribution in [0.4, 0.5) is 0 Å². The van der Waals surface area contributed by atoms with Crippen molar-refractivity contribution in [1.29, 1.82) is 21.6 Å². The lowest BCUT2D eigenvalue weighted by atomic mass is 10.0. The molecule has 3 heterocycles. The van der Waals surface area contributed by atoms with Crippen LogP contribution in [-0.4, -0.2) is 285 Å². The number of unbranched alkanes of at least 4 members (excludes halogenated alkanes) is 1. The van der Waals surface area contributed by atoms with E-state index in [1.165, 1.54) is 27.7 Å². The number of carbonyl (C=O) groups excluding carboxylic acids is 15. The third-order valence-corrected chi connectivity index (χ3v) is 22.8. The quantitative estimate of drug-likeness (QED) is 0.00964. The van der Waals surface area contributed by atoms with Crippen molar-refractivity contribution in [3.05, 3.63) is 108 Å². The summed E-state index contributed by atoms with van der Waals surface area (Å²) in [5.74, 6) is -17.6. The molecule has 50 nitrogen and oxygen atoms in total. The van der Waals surface area contributed by atoms with Crippen molar-refractivity contribution < 1.29 is 92.0 Å². The Balaban J connectivity index is 1.21. The molecule has 0 aliphatic carbocycles. The van der Waals surface area contributed by atoms with Crippen LogP contribution in [0.1, 0.15) is 156 Å². The van der Waals surface area contributed by atoms with Gasteiger partial charge in [0, 0.05) is 104 Å². The minimum absolute atomic E-state index is 0.00124. The Morgan fingerprint density at radius 1 is 0.338 bits per heavy atom. The third kappa shape index (κ3) is 39.2. The molecule has 0 saturated carbocycles. The number of para-hydroxylation sites is 3. The molecule has 778 valence electrons. The van der Waals surface area contributed by atoms with Gasteiger partial charge in [0.2, 0.25) is 88.6 Å². The average molecular weight is 1990 g/mol. The highest BCUT2D eigenvalue weighted by atomic mass is 16.4. The predicted molar refractivity (Wildman–Crippen MR) is 528 cm³/mol. The normalized spacial score (nSPS) is 14.4. The van der Waals surface area contributed by atoms with Crippen molar-refractivity contribution in [3.8, 4) is 0 Å². The second kappa shape index (κ2) is 58.6. The molecule has 0 spiro atoms. The summed E-state index contributed by atoms with van der Waals surface area (Å²) in [4.78, 5) is 236. The minimum Gasteiger partial charge on any atom is -0.480 e. The predicted octanol–water partition coefficient (Wildman–Crippen LogP) is -5.15. The van der Waals surface area contributed by atoms with Crippen LogP contribution in [0.3, 0.4) is 0 Å². The number of nitrogens with two attached hydrogens (primary N) is 5. The second-order valence-electron chi connectivity index (χ2n) is 35.5. The van der Waals surface area contributed by atoms with Crippen LogP contribution >= 0.6 is 0 Å². The van der Waals surface area contributed by atoms with E-state index in [0.29, 0.717) is 44.9 Å². The number of H-pyrrole nitrogens is 3. The zero-order valence-corrected chi connectivity index (χ0v) is 81.0. The van der Waals surface area contributed by atoms with E-state index in [1.807, 2.05) is 18.2 Å². The van der Waals surface area contributed by atoms with Crippen LogP contribution in [0.25, 0.3) is 32.7 Å². The molecule has 0 aliphatic rings. The number of hydrogen-bond donors (Lipinski definition) is 34. The Morgan fingerprint density at radius 2 is 0.634 bits per heavy atom. The fourth-order valence-corrected chi connectivity index (χ4v) is 15.4. The van der Waals surface area contributed by atoms with Crippen LogP contribution < -0.4 is 130 Å². The molecule has 15 atom stereocenters. The lowest BCUT2D eigenvalue weighted by molar-refractivity contribution is -0.142. The number of aliphatic carboxylic acids is 1. The van der Waals surface area contributed by atoms with E-state index in [0.717, 1.165) is 10.9 Å². The molecule has 0 saturated heterocycles. The molecule has 0 radical (unpaired) electrons. The van der Waals surface area contributed by atoms with Crippen LogP contribution in [0, 0.1) is 33.5 Å². The van der Waals surface area contributed by atoms with Gasteiger partial charge in [-0.3, -0.25) is 93.6 Å². The summed E-state index contributed by atoms with van der Waals surface area (Å²) >= 11 is 0. The summed E-state index contributed by atoms with van der Waals surface area (Å²) < 4.78 is 0. The topological polar surface area (TPSA) is 835 Å². The summed E-state index contributed by atoms with van der Waals surface area (Å²) in [5.41, 5.74) is 31.7. The number of aliphatic hydroxyl groups excluding tert-OH is 2. The van der Waals surface area contributed by atoms with Gasteiger partial charge in [0.25, 0.3) is 0 Å². The molecular weight excluding hydrogens is 1840 g/mol. The summed E-state index contributed by atoms with van der Waals surface area (Å²) in [5, 5.41) is 114. The van der Waals surface area contributed by atoms with Crippen molar-refractivity contribution >= 4 is 151 Å². The van der Waals surface area contributed by atoms with Gasteiger partial charge in [0.1, 0.15) is 84.6 Å². The molecule has 0 bridgehead atoms. The molecule has 15 amide bonds. The summed E-state index contributed by atoms with van der Waals surface area (Å²) in [6.07, 6.45) is 2.44. The highest BCUT2D eigenvalue weighted by molar-refractivity contribution is 6.02. The molecule has 0 fully saturated rings. The Bertz CT molecular complexity index is 5350. The third-order valence-electron chi connectivity index (χ3n) is 22.8. The highest BCUT2D eigenvalue weighted by Crippen LogP contribution is 2.24. The van der Waals surface area contributed by atoms with E-state index in [4.69, 9.17) is 50.3 Å². The van der Waals surface area contributed by atoms with Gasteiger partial charge >= 0.3 is 5.97 Å². The maximum atomic E-state index is 15.3. The van der Waals surface area contributed by atoms with Crippen molar-refractivity contribution in [2.24, 2.45) is 40.5 Å². The number of amides is 15. The Hall–Kier alpha value is -15.2. The molecule has 0 aliphatic heterocycles. The standard InChI is InChI=1S/C92H141N31O19/c1-47(2)37-67(77(130)109-45-73(127)113-68(38-48(3)4)82(135)111-49(5)75(128)118-66(88(141)142)31-20-36-105-92(100)101)119-80(133)62(27-15-16-32-93)116-86(139)72(46-124)122-76(129)50(6)110-78(131)63(28-17-33-102-89(94)95)115-84(137)70(40-54-43-107-60-25-13-10-22-57(54)60)120-81(134)64(29-18-34-103-90(96)97)114-79(132)65(30-19-35-104-91(98)99)117-87(140)74(51(7)125)123-85(138)71(41-55-44-108-61-26-14-11-23-58(55)61)121-83(136)69(112-52(8)126)39-53-42-106-59-24-12-9-21-56(53)59/h9-14,21-26,42-44,47-51,62-72,74,106-108,124-125H,15-20,27-41,45-46,93H2,1-8H3,(H,109,130)(H,110,131)(H,111,135)(H,112,126)(H,113,127)(H,114,132)(H,115,137)(H,116,139)(H,117,140)(H,118,128)(H,119,133)(H,120,134)(H,121,136)(H,122,129)(H,123,138)(H,141,142)(H4,94,95,102)(H4,96,97,103)(H4,98,99,104)(H4,100,101,105)/t49-,50-,51+,62-,63-,64-,65-,66-,67-,68-,69-,70-,71-,72-,74-/m0/s1. The van der Waals surface area contributed by atoms with Crippen LogP contribution in [-0.2, 0) is 96.0 Å². The lowest BCUT2D eigenvalue weighted by Gasteiger charge is -2.29. The summed E-state index contributed by atoms with van der Waals surface area (Å²) in [6, 6.07) is -0.0302. The molecule has 6 rings (SSSR count). The first-order valence-corrected chi connectivity index (χ1v) is 47.0. The van der Waals surface area contributed by atoms with Gasteiger partial charge in [-0.15, -0.1) is 0 Å². The number of carbonyl (C=O) groups is 16. The van der Waals surface area contributed by atoms with Crippen LogP contribution in [0.15, 0.2) is 91.4 Å². The van der Waals surface area contributed by atoms with E-state index in [1.54, 1.807) is 101 Å². The number of rotatable bonds is 62. The Labute approximate surface area is 820 Å². The zero-order chi connectivity index (χ0) is 105. The van der Waals surface area contributed by atoms with Gasteiger partial charge in [-0.05, 0) is 158 Å². The van der Waals surface area contributed by atoms with Crippen molar-refractivity contribution in [1.82, 2.24) is 116 Å². The number of guanidine groups is 4. The van der Waals surface area contributed by atoms with E-state index >= 15 is 14.4 Å². The monoisotopic (exact) mass is 1980 g/mol. The van der Waals surface area contributed by atoms with Crippen molar-refractivity contribution in [3.63, 3.8) is 0 Å². The molecule has 39 N–H and O–H groups in total. The molecule has 142 heavy (non-hydrogen) atoms. The first kappa shape index (κ1) is 115. The lowest BCUT2D eigenvalue weighted by Crippen LogP contribution is -2.62. The number of nitrogens with one attached hydrogen (secondary N) is 26. The molecule has 3 aromatic heterocycles. The number of hydrogen-bond acceptors (Lipinski definition) is 23. The Morgan fingerprint density at radius 3 is 0.986 bits per heavy atom. The maximum Gasteiger partial charge on any atom is 0.326 e. The van der Waals surface area contributed by atoms with Gasteiger partial charge < -0.3 is 160 Å². The number of benzene rings is 3. The first-order valence-electron chi connectivity index (χ1n) is 47.0. The minimum atomic E-state index is -1.88. The smallest absolute Gasteiger partial charge is 0.326 e. The zero-order valence-electron chi connectivity index (χ0n) is 81.0. The molecule has 6 aromatic rings. The molecular formula is C92H141N31O19. The van der Waals surface area contributed by atoms with Crippen molar-refractivity contribution in [2.45, 2.75) is 249 Å². The largest absolute Gasteiger partial charge is 0.480 e. The second-order valence-corrected chi connectivity index (χ2v) is 35.5. The van der Waals surface area contributed by atoms with Crippen LogP contribution in [0.5, 0.6) is 0 Å². The number of carboxylic acid groups (broad SMARTS) is 1. The first-order chi connectivity index (χ1) is 67.4. The fraction of sp³-hybridized carbons (Fsp3) is 0.522. The number of aliphatic hydroxyl groups is 2. The summed E-state index contributed by atoms with van der Waals surface area (Å²) in [7, 11) is 0. The average Bonchev–Trinajstić information content (AvgIpc) is 1.68. The number of aromatic nitrogens is 3. The maximum absolute atomic E-state index is 15.3. The number of carboxylic acids is 1. The van der Waals surface area contributed by atoms with Gasteiger partial charge in [-0.25, -0.2) is 4.79 Å². The molecule has 0 unspecified atom stereocenters. The van der Waals surface area contributed by atoms with E-state index in [2.05, 4.69) is 116 Å². The van der Waals surface area contributed by atoms with Crippen molar-refractivity contribution in [2.75, 3.05) is 45.9 Å². The molecule has 3 aromatic carbocycles. The SMILES string of the molecule is CC(=O)N[C@@H](Cc1c[nH]c2ccccc12)C(=O)N[C@@H](Cc1c[nH]c2ccccc12)C(=O)N[C@H](C(=O)N[C@@H](CCCNC(=N)N)C(=O)N[C@@H](CCCNC(=N)N)C(=O)N[C@@H](Cc1c[nH]c2ccccc12)C(=O)N[C@@H](CCCNC(=N)N)C(=O)N[C@@H](C)C(=O)N[C@@H](CO)C(=O)N[C@@H](CCCCN)C(=O)N[C@@H](CC(C)C)C(=O)NCC(=O)N[C@@H](CC(C)C)C(=O)N[C@@H](C)C(=O)N[C@@H](CCCNC(=N)N)C(=O)O)[C@@H](C)O. The van der Waals surface area contributed by atoms with E-state index in [9.17, 15) is 77.6 Å². The highest BCUT2D eigenvalue weighted by Gasteiger charge is 2.40. The Kier molecular flexibility index (Phi) is 47.7. The number of aromatic amines is 3. The van der Waals surface area contributed by atoms with Gasteiger partial charge in [-0.1, -0.05) is 82.3 Å².